The number of nitrogens with zero attached hydrogens (tertiary/aromatic N) is 3. The average molecular weight is 697 g/mol. The molecule has 1 fully saturated rings. The molecule has 246 valence electrons. The second-order valence-corrected chi connectivity index (χ2v) is 14.1. The predicted molar refractivity (Wildman–Crippen MR) is 166 cm³/mol. The van der Waals surface area contributed by atoms with Gasteiger partial charge in [0.1, 0.15) is 31.1 Å². The third-order valence-corrected chi connectivity index (χ3v) is 9.44. The Bertz CT molecular complexity index is 1640. The van der Waals surface area contributed by atoms with Gasteiger partial charge in [0.15, 0.2) is 23.0 Å². The van der Waals surface area contributed by atoms with Crippen LogP contribution in [-0.4, -0.2) is 86.9 Å². The van der Waals surface area contributed by atoms with Crippen LogP contribution < -0.4 is 18.9 Å². The Morgan fingerprint density at radius 3 is 2.57 bits per heavy atom. The first kappa shape index (κ1) is 32.6. The van der Waals surface area contributed by atoms with Gasteiger partial charge in [-0.2, -0.15) is 5.26 Å². The molecule has 12 nitrogen and oxygen atoms in total. The molecule has 2 aromatic rings. The van der Waals surface area contributed by atoms with Crippen LogP contribution in [0.3, 0.4) is 0 Å². The molecule has 6 rings (SSSR count). The Hall–Kier alpha value is -3.31. The van der Waals surface area contributed by atoms with Crippen LogP contribution in [0.5, 0.6) is 28.7 Å². The Labute approximate surface area is 280 Å². The molecular weight excluding hydrogens is 665 g/mol. The number of ether oxygens (including phenoxy) is 5. The third kappa shape index (κ3) is 4.87. The average Bonchev–Trinajstić information content (AvgIpc) is 3.50. The van der Waals surface area contributed by atoms with Crippen molar-refractivity contribution in [3.63, 3.8) is 0 Å². The molecule has 6 atom stereocenters. The summed E-state index contributed by atoms with van der Waals surface area (Å²) in [5.74, 6) is 0.995. The molecule has 4 heterocycles. The van der Waals surface area contributed by atoms with Crippen molar-refractivity contribution in [2.45, 2.75) is 60.4 Å². The van der Waals surface area contributed by atoms with E-state index in [1.54, 1.807) is 17.9 Å². The summed E-state index contributed by atoms with van der Waals surface area (Å²) in [7, 11) is 1.49. The number of phenols is 1. The van der Waals surface area contributed by atoms with Crippen LogP contribution in [0.25, 0.3) is 0 Å². The normalized spacial score (nSPS) is 25.9. The molecule has 4 aliphatic rings. The summed E-state index contributed by atoms with van der Waals surface area (Å²) in [6.45, 7) is 6.08. The molecule has 0 aromatic heterocycles. The van der Waals surface area contributed by atoms with Crippen LogP contribution in [0, 0.1) is 25.2 Å². The van der Waals surface area contributed by atoms with Crippen LogP contribution in [0.4, 0.5) is 4.79 Å². The number of aryl methyl sites for hydroxylation is 1. The minimum absolute atomic E-state index is 0.0867. The monoisotopic (exact) mass is 695 g/mol. The van der Waals surface area contributed by atoms with Crippen molar-refractivity contribution in [1.82, 2.24) is 9.80 Å². The van der Waals surface area contributed by atoms with E-state index in [9.17, 15) is 25.4 Å². The highest BCUT2D eigenvalue weighted by Gasteiger charge is 2.62. The van der Waals surface area contributed by atoms with E-state index in [1.807, 2.05) is 13.0 Å². The quantitative estimate of drug-likeness (QED) is 0.290. The lowest BCUT2D eigenvalue weighted by Crippen LogP contribution is -2.71. The van der Waals surface area contributed by atoms with Crippen LogP contribution >= 0.6 is 34.8 Å². The van der Waals surface area contributed by atoms with Gasteiger partial charge in [-0.3, -0.25) is 9.80 Å². The lowest BCUT2D eigenvalue weighted by Gasteiger charge is -2.60. The number of phenolic OH excluding ortho intramolecular Hbond substituents is 1. The molecule has 2 bridgehead atoms. The summed E-state index contributed by atoms with van der Waals surface area (Å²) in [6.07, 6.45) is -0.695. The van der Waals surface area contributed by atoms with Gasteiger partial charge in [-0.05, 0) is 31.4 Å². The number of aliphatic hydroxyl groups is 2. The number of benzene rings is 2. The molecule has 2 aromatic carbocycles. The van der Waals surface area contributed by atoms with Gasteiger partial charge >= 0.3 is 6.09 Å². The molecule has 15 heteroatoms. The molecule has 1 saturated heterocycles. The van der Waals surface area contributed by atoms with Gasteiger partial charge in [-0.1, -0.05) is 53.5 Å². The van der Waals surface area contributed by atoms with Gasteiger partial charge in [0, 0.05) is 22.3 Å². The topological polar surface area (TPSA) is 154 Å². The van der Waals surface area contributed by atoms with E-state index in [2.05, 4.69) is 12.6 Å². The number of hydrogen-bond acceptors (Lipinski definition) is 11. The van der Waals surface area contributed by atoms with Crippen molar-refractivity contribution >= 4 is 40.9 Å². The van der Waals surface area contributed by atoms with Gasteiger partial charge in [0.2, 0.25) is 10.6 Å². The molecule has 0 spiro atoms. The van der Waals surface area contributed by atoms with Crippen molar-refractivity contribution in [2.75, 3.05) is 33.7 Å². The number of carbonyl (C=O) groups excluding carboxylic acids is 1. The number of aliphatic hydroxyl groups excluding tert-OH is 2. The highest BCUT2D eigenvalue weighted by Crippen LogP contribution is 2.61. The number of halogens is 3. The molecule has 0 saturated carbocycles. The van der Waals surface area contributed by atoms with Crippen molar-refractivity contribution in [1.29, 1.82) is 5.26 Å². The summed E-state index contributed by atoms with van der Waals surface area (Å²) < 4.78 is 27.0. The fourth-order valence-electron chi connectivity index (χ4n) is 7.51. The zero-order valence-electron chi connectivity index (χ0n) is 25.1. The lowest BCUT2D eigenvalue weighted by atomic mass is 9.70. The van der Waals surface area contributed by atoms with Crippen molar-refractivity contribution in [3.8, 4) is 34.8 Å². The number of aromatic hydroxyl groups is 1. The van der Waals surface area contributed by atoms with E-state index in [0.717, 1.165) is 11.1 Å². The number of rotatable bonds is 6. The summed E-state index contributed by atoms with van der Waals surface area (Å²) in [6, 6.07) is -0.882. The maximum Gasteiger partial charge on any atom is 0.410 e. The second-order valence-electron chi connectivity index (χ2n) is 11.5. The Kier molecular flexibility index (Phi) is 8.54. The molecule has 3 N–H and O–H groups in total. The highest BCUT2D eigenvalue weighted by atomic mass is 35.6. The SMILES string of the molecule is C=CCOc1c(OC)c(C)cc2c1[C@@H]1[C@@H]3C(O)c4c(O)c(C)c5c(c4[C@H](CO)N3[C@@H](C#N)[C@H](C2)N1C(=O)OCC(Cl)(Cl)Cl)OCO5. The van der Waals surface area contributed by atoms with E-state index in [1.165, 1.54) is 12.0 Å². The predicted octanol–water partition coefficient (Wildman–Crippen LogP) is 4.44. The Balaban J connectivity index is 1.65. The van der Waals surface area contributed by atoms with E-state index in [-0.39, 0.29) is 42.6 Å². The minimum atomic E-state index is -1.92. The standard InChI is InChI=1S/C31H32Cl3N3O9/c1-5-6-43-28-19-15(7-13(2)26(28)42-4)8-16-17(9-35)36-18(10-38)20-21(24(39)14(3)27-29(20)46-12-45-27)25(40)23(36)22(19)37(16)30(41)44-11-31(32,33)34/h5,7,16-18,22-23,25,38-40H,1,6,8,10-12H2,2-4H3/t16-,17-,18-,22+,23+,25?/m0/s1. The summed E-state index contributed by atoms with van der Waals surface area (Å²) in [5, 5.41) is 45.5. The number of amides is 1. The van der Waals surface area contributed by atoms with E-state index >= 15 is 0 Å². The van der Waals surface area contributed by atoms with Gasteiger partial charge < -0.3 is 39.0 Å². The first-order chi connectivity index (χ1) is 21.9. The van der Waals surface area contributed by atoms with Crippen LogP contribution in [0.2, 0.25) is 0 Å². The lowest BCUT2D eigenvalue weighted by molar-refractivity contribution is -0.126. The highest BCUT2D eigenvalue weighted by molar-refractivity contribution is 6.67. The number of piperazine rings is 1. The van der Waals surface area contributed by atoms with Crippen LogP contribution in [0.1, 0.15) is 51.6 Å². The number of carbonyl (C=O) groups is 1. The summed E-state index contributed by atoms with van der Waals surface area (Å²) in [5.41, 5.74) is 2.72. The molecule has 1 unspecified atom stereocenters. The zero-order chi connectivity index (χ0) is 33.2. The molecule has 46 heavy (non-hydrogen) atoms. The summed E-state index contributed by atoms with van der Waals surface area (Å²) >= 11 is 17.8. The number of nitriles is 1. The van der Waals surface area contributed by atoms with E-state index < -0.39 is 59.4 Å². The smallest absolute Gasteiger partial charge is 0.410 e. The largest absolute Gasteiger partial charge is 0.507 e. The fourth-order valence-corrected chi connectivity index (χ4v) is 7.67. The van der Waals surface area contributed by atoms with Gasteiger partial charge in [-0.25, -0.2) is 4.79 Å². The van der Waals surface area contributed by atoms with Crippen LogP contribution in [0.15, 0.2) is 18.7 Å². The Morgan fingerprint density at radius 1 is 1.22 bits per heavy atom. The van der Waals surface area contributed by atoms with Crippen molar-refractivity contribution in [2.24, 2.45) is 0 Å². The minimum Gasteiger partial charge on any atom is -0.507 e. The number of hydrogen-bond donors (Lipinski definition) is 3. The van der Waals surface area contributed by atoms with Crippen molar-refractivity contribution in [3.05, 3.63) is 52.1 Å². The maximum absolute atomic E-state index is 14.0. The Morgan fingerprint density at radius 2 is 1.93 bits per heavy atom. The first-order valence-corrected chi connectivity index (χ1v) is 15.6. The zero-order valence-corrected chi connectivity index (χ0v) is 27.4. The second kappa shape index (κ2) is 12.0. The van der Waals surface area contributed by atoms with Gasteiger partial charge in [0.25, 0.3) is 0 Å². The number of fused-ring (bicyclic) bond motifs is 9. The van der Waals surface area contributed by atoms with Gasteiger partial charge in [-0.15, -0.1) is 0 Å². The fraction of sp³-hybridized carbons (Fsp3) is 0.484. The maximum atomic E-state index is 14.0. The summed E-state index contributed by atoms with van der Waals surface area (Å²) in [4.78, 5) is 17.1. The van der Waals surface area contributed by atoms with Crippen molar-refractivity contribution < 1.29 is 43.8 Å². The van der Waals surface area contributed by atoms with E-state index in [4.69, 9.17) is 58.5 Å². The van der Waals surface area contributed by atoms with Gasteiger partial charge in [0.05, 0.1) is 44.0 Å². The molecule has 1 amide bonds. The van der Waals surface area contributed by atoms with Crippen LogP contribution in [-0.2, 0) is 11.2 Å². The first-order valence-electron chi connectivity index (χ1n) is 14.5. The third-order valence-electron chi connectivity index (χ3n) is 9.12. The molecule has 4 aliphatic heterocycles. The number of methoxy groups -OCH3 is 1. The number of alkyl halides is 3. The molecule has 0 aliphatic carbocycles. The molecular formula is C31H32Cl3N3O9. The van der Waals surface area contributed by atoms with E-state index in [0.29, 0.717) is 28.2 Å². The molecule has 0 radical (unpaired) electrons.